The Morgan fingerprint density at radius 2 is 0.448 bits per heavy atom. The van der Waals surface area contributed by atoms with Gasteiger partial charge in [0.25, 0.3) is 0 Å². The van der Waals surface area contributed by atoms with Crippen molar-refractivity contribution in [2.24, 2.45) is 0 Å². The quantitative estimate of drug-likeness (QED) is 0.281. The largest absolute Gasteiger partial charge is 0.0991 e. The Bertz CT molecular complexity index is 774. The Balaban J connectivity index is 3.96. The van der Waals surface area contributed by atoms with Crippen molar-refractivity contribution in [2.45, 2.75) is 6.92 Å². The first-order valence-electron chi connectivity index (χ1n) is 9.65. The molecule has 0 heteroatoms. The standard InChI is InChI=1S/C29H32/c1-3-5-7-9-11-13-15-17-19-21-23-25-27-29-28-26-24-22-20-18-16-14-12-10-8-6-4-2/h3-29H,1H2,2H3/b6-4+,7-5+,10-8+,11-9+,14-12+,15-13+,18-16+,19-17+,22-20+,23-21+,26-24+,27-25+,29-28+. The summed E-state index contributed by atoms with van der Waals surface area (Å²) >= 11 is 0. The van der Waals surface area contributed by atoms with Crippen molar-refractivity contribution in [2.75, 3.05) is 0 Å². The Hall–Kier alpha value is -3.64. The SMILES string of the molecule is C=C/C=C/C=C/C=C/C=C/C=C/C=C/C=C/C=C/C=C/C=C/C=C/C=C/C=C/C. The van der Waals surface area contributed by atoms with Gasteiger partial charge >= 0.3 is 0 Å². The molecule has 0 aliphatic heterocycles. The number of hydrogen-bond acceptors (Lipinski definition) is 0. The van der Waals surface area contributed by atoms with Gasteiger partial charge in [-0.05, 0) is 6.92 Å². The smallest absolute Gasteiger partial charge is 0.0467 e. The van der Waals surface area contributed by atoms with Crippen LogP contribution in [0.4, 0.5) is 0 Å². The number of rotatable bonds is 13. The van der Waals surface area contributed by atoms with Crippen molar-refractivity contribution < 1.29 is 0 Å². The fourth-order valence-electron chi connectivity index (χ4n) is 1.67. The van der Waals surface area contributed by atoms with E-state index in [2.05, 4.69) is 6.58 Å². The molecule has 0 aromatic carbocycles. The maximum atomic E-state index is 3.61. The fourth-order valence-corrected chi connectivity index (χ4v) is 1.67. The molecule has 0 fully saturated rings. The zero-order valence-electron chi connectivity index (χ0n) is 17.3. The topological polar surface area (TPSA) is 0 Å². The van der Waals surface area contributed by atoms with Crippen LogP contribution < -0.4 is 0 Å². The summed E-state index contributed by atoms with van der Waals surface area (Å²) in [7, 11) is 0. The summed E-state index contributed by atoms with van der Waals surface area (Å²) in [4.78, 5) is 0. The van der Waals surface area contributed by atoms with E-state index in [1.165, 1.54) is 0 Å². The molecule has 0 radical (unpaired) electrons. The Kier molecular flexibility index (Phi) is 21.3. The van der Waals surface area contributed by atoms with Crippen LogP contribution in [0.2, 0.25) is 0 Å². The maximum Gasteiger partial charge on any atom is -0.0467 e. The molecule has 0 atom stereocenters. The van der Waals surface area contributed by atoms with Gasteiger partial charge in [-0.2, -0.15) is 0 Å². The van der Waals surface area contributed by atoms with Crippen LogP contribution >= 0.6 is 0 Å². The van der Waals surface area contributed by atoms with E-state index in [-0.39, 0.29) is 0 Å². The van der Waals surface area contributed by atoms with Crippen LogP contribution in [-0.4, -0.2) is 0 Å². The minimum Gasteiger partial charge on any atom is -0.0991 e. The summed E-state index contributed by atoms with van der Waals surface area (Å²) in [6.07, 6.45) is 53.4. The van der Waals surface area contributed by atoms with Gasteiger partial charge in [0.2, 0.25) is 0 Å². The Morgan fingerprint density at radius 3 is 0.621 bits per heavy atom. The van der Waals surface area contributed by atoms with Gasteiger partial charge in [-0.25, -0.2) is 0 Å². The Labute approximate surface area is 177 Å². The molecule has 0 heterocycles. The first kappa shape index (κ1) is 25.4. The highest BCUT2D eigenvalue weighted by molar-refractivity contribution is 5.23. The predicted octanol–water partition coefficient (Wildman–Crippen LogP) is 8.42. The molecule has 0 aliphatic rings. The molecule has 0 saturated heterocycles. The molecular formula is C29H32. The highest BCUT2D eigenvalue weighted by Gasteiger charge is 1.66. The van der Waals surface area contributed by atoms with Crippen LogP contribution in [0.5, 0.6) is 0 Å². The van der Waals surface area contributed by atoms with Gasteiger partial charge < -0.3 is 0 Å². The molecular weight excluding hydrogens is 348 g/mol. The fraction of sp³-hybridized carbons (Fsp3) is 0.0345. The summed E-state index contributed by atoms with van der Waals surface area (Å²) in [5.74, 6) is 0. The van der Waals surface area contributed by atoms with Crippen molar-refractivity contribution in [3.05, 3.63) is 171 Å². The van der Waals surface area contributed by atoms with Crippen molar-refractivity contribution in [3.63, 3.8) is 0 Å². The van der Waals surface area contributed by atoms with E-state index >= 15 is 0 Å². The lowest BCUT2D eigenvalue weighted by Crippen LogP contribution is -1.54. The zero-order valence-corrected chi connectivity index (χ0v) is 17.3. The highest BCUT2D eigenvalue weighted by atomic mass is 13.7. The molecule has 0 aromatic heterocycles. The van der Waals surface area contributed by atoms with E-state index in [0.717, 1.165) is 0 Å². The lowest BCUT2D eigenvalue weighted by molar-refractivity contribution is 1.73. The zero-order chi connectivity index (χ0) is 21.1. The van der Waals surface area contributed by atoms with Crippen LogP contribution in [0.3, 0.4) is 0 Å². The molecule has 29 heavy (non-hydrogen) atoms. The second kappa shape index (κ2) is 24.4. The van der Waals surface area contributed by atoms with E-state index in [1.54, 1.807) is 6.08 Å². The maximum absolute atomic E-state index is 3.61. The van der Waals surface area contributed by atoms with Crippen molar-refractivity contribution in [1.29, 1.82) is 0 Å². The van der Waals surface area contributed by atoms with E-state index in [1.807, 2.05) is 165 Å². The molecule has 0 spiro atoms. The van der Waals surface area contributed by atoms with Gasteiger partial charge in [-0.1, -0.05) is 171 Å². The average molecular weight is 381 g/mol. The summed E-state index contributed by atoms with van der Waals surface area (Å²) < 4.78 is 0. The Morgan fingerprint density at radius 1 is 0.276 bits per heavy atom. The van der Waals surface area contributed by atoms with Gasteiger partial charge in [0, 0.05) is 0 Å². The summed E-state index contributed by atoms with van der Waals surface area (Å²) in [5, 5.41) is 0. The highest BCUT2D eigenvalue weighted by Crippen LogP contribution is 1.88. The molecule has 148 valence electrons. The number of hydrogen-bond donors (Lipinski definition) is 0. The van der Waals surface area contributed by atoms with Gasteiger partial charge in [0.1, 0.15) is 0 Å². The van der Waals surface area contributed by atoms with Crippen LogP contribution in [0, 0.1) is 0 Å². The molecule has 0 aliphatic carbocycles. The molecule has 0 nitrogen and oxygen atoms in total. The van der Waals surface area contributed by atoms with Crippen LogP contribution in [0.1, 0.15) is 6.92 Å². The van der Waals surface area contributed by atoms with E-state index in [9.17, 15) is 0 Å². The molecule has 0 N–H and O–H groups in total. The summed E-state index contributed by atoms with van der Waals surface area (Å²) in [6.45, 7) is 5.61. The van der Waals surface area contributed by atoms with Crippen LogP contribution in [-0.2, 0) is 0 Å². The average Bonchev–Trinajstić information content (AvgIpc) is 2.74. The number of allylic oxidation sites excluding steroid dienone is 27. The molecule has 0 rings (SSSR count). The first-order chi connectivity index (χ1) is 14.4. The van der Waals surface area contributed by atoms with Crippen molar-refractivity contribution >= 4 is 0 Å². The van der Waals surface area contributed by atoms with Crippen molar-refractivity contribution in [3.8, 4) is 0 Å². The van der Waals surface area contributed by atoms with Gasteiger partial charge in [-0.3, -0.25) is 0 Å². The second-order valence-corrected chi connectivity index (χ2v) is 5.38. The monoisotopic (exact) mass is 380 g/mol. The molecule has 0 bridgehead atoms. The minimum atomic E-state index is 1.75. The first-order valence-corrected chi connectivity index (χ1v) is 9.65. The van der Waals surface area contributed by atoms with Gasteiger partial charge in [-0.15, -0.1) is 0 Å². The second-order valence-electron chi connectivity index (χ2n) is 5.38. The van der Waals surface area contributed by atoms with Crippen molar-refractivity contribution in [1.82, 2.24) is 0 Å². The van der Waals surface area contributed by atoms with Crippen LogP contribution in [0.15, 0.2) is 171 Å². The lowest BCUT2D eigenvalue weighted by atomic mass is 10.3. The lowest BCUT2D eigenvalue weighted by Gasteiger charge is -1.76. The van der Waals surface area contributed by atoms with E-state index in [0.29, 0.717) is 0 Å². The third-order valence-corrected chi connectivity index (χ3v) is 3.00. The predicted molar refractivity (Wildman–Crippen MR) is 135 cm³/mol. The van der Waals surface area contributed by atoms with Gasteiger partial charge in [0.15, 0.2) is 0 Å². The summed E-state index contributed by atoms with van der Waals surface area (Å²) in [6, 6.07) is 0. The normalized spacial score (nSPS) is 14.8. The molecule has 0 aromatic rings. The summed E-state index contributed by atoms with van der Waals surface area (Å²) in [5.41, 5.74) is 0. The molecule has 0 amide bonds. The van der Waals surface area contributed by atoms with Crippen LogP contribution in [0.25, 0.3) is 0 Å². The third kappa shape index (κ3) is 24.4. The minimum absolute atomic E-state index is 1.75. The molecule has 0 saturated carbocycles. The van der Waals surface area contributed by atoms with E-state index in [4.69, 9.17) is 0 Å². The van der Waals surface area contributed by atoms with E-state index < -0.39 is 0 Å². The van der Waals surface area contributed by atoms with Gasteiger partial charge in [0.05, 0.1) is 0 Å². The molecule has 0 unspecified atom stereocenters. The third-order valence-electron chi connectivity index (χ3n) is 3.00.